The fourth-order valence-corrected chi connectivity index (χ4v) is 4.37. The first-order valence-electron chi connectivity index (χ1n) is 6.36. The molecule has 0 radical (unpaired) electrons. The quantitative estimate of drug-likeness (QED) is 0.658. The fraction of sp³-hybridized carbons (Fsp3) is 0.500. The molecule has 0 amide bonds. The van der Waals surface area contributed by atoms with Crippen LogP contribution in [0.15, 0.2) is 27.6 Å². The van der Waals surface area contributed by atoms with Crippen molar-refractivity contribution in [2.45, 2.75) is 43.0 Å². The Morgan fingerprint density at radius 3 is 2.50 bits per heavy atom. The van der Waals surface area contributed by atoms with Crippen molar-refractivity contribution in [3.63, 3.8) is 0 Å². The Bertz CT molecular complexity index is 612. The Kier molecular flexibility index (Phi) is 4.77. The molecule has 0 atom stereocenters. The molecule has 20 heavy (non-hydrogen) atoms. The van der Waals surface area contributed by atoms with Gasteiger partial charge >= 0.3 is 0 Å². The Labute approximate surface area is 125 Å². The van der Waals surface area contributed by atoms with Crippen molar-refractivity contribution in [2.24, 2.45) is 0 Å². The predicted molar refractivity (Wildman–Crippen MR) is 78.0 cm³/mol. The number of rotatable bonds is 4. The van der Waals surface area contributed by atoms with E-state index in [1.54, 1.807) is 0 Å². The van der Waals surface area contributed by atoms with E-state index < -0.39 is 20.6 Å². The summed E-state index contributed by atoms with van der Waals surface area (Å²) in [5.74, 6) is 0. The second kappa shape index (κ2) is 6.19. The van der Waals surface area contributed by atoms with E-state index >= 15 is 0 Å². The summed E-state index contributed by atoms with van der Waals surface area (Å²) in [5, 5.41) is 11.0. The summed E-state index contributed by atoms with van der Waals surface area (Å²) in [6.45, 7) is 0. The highest BCUT2D eigenvalue weighted by Gasteiger charge is 2.28. The number of sulfonamides is 1. The third-order valence-corrected chi connectivity index (χ3v) is 5.38. The predicted octanol–water partition coefficient (Wildman–Crippen LogP) is 2.97. The third-order valence-electron chi connectivity index (χ3n) is 3.34. The number of hydrogen-bond acceptors (Lipinski definition) is 4. The van der Waals surface area contributed by atoms with Gasteiger partial charge in [-0.3, -0.25) is 10.1 Å². The van der Waals surface area contributed by atoms with Crippen LogP contribution in [0.1, 0.15) is 32.1 Å². The molecule has 0 unspecified atom stereocenters. The molecule has 6 nitrogen and oxygen atoms in total. The van der Waals surface area contributed by atoms with Crippen LogP contribution in [-0.4, -0.2) is 19.4 Å². The molecule has 8 heteroatoms. The van der Waals surface area contributed by atoms with E-state index in [4.69, 9.17) is 0 Å². The Morgan fingerprint density at radius 2 is 1.90 bits per heavy atom. The SMILES string of the molecule is O=[N+]([O-])c1ccc(Br)cc1S(=O)(=O)NC1CCCCC1. The van der Waals surface area contributed by atoms with E-state index in [1.807, 2.05) is 0 Å². The molecule has 1 N–H and O–H groups in total. The van der Waals surface area contributed by atoms with Crippen LogP contribution in [0.2, 0.25) is 0 Å². The molecular weight excluding hydrogens is 348 g/mol. The zero-order valence-corrected chi connectivity index (χ0v) is 13.1. The van der Waals surface area contributed by atoms with Gasteiger partial charge in [0, 0.05) is 16.6 Å². The standard InChI is InChI=1S/C12H15BrN2O4S/c13-9-6-7-11(15(16)17)12(8-9)20(18,19)14-10-4-2-1-3-5-10/h6-8,10,14H,1-5H2. The van der Waals surface area contributed by atoms with E-state index in [2.05, 4.69) is 20.7 Å². The van der Waals surface area contributed by atoms with Crippen molar-refractivity contribution in [2.75, 3.05) is 0 Å². The van der Waals surface area contributed by atoms with Crippen molar-refractivity contribution in [3.8, 4) is 0 Å². The molecule has 1 saturated carbocycles. The minimum Gasteiger partial charge on any atom is -0.258 e. The number of halogens is 1. The Morgan fingerprint density at radius 1 is 1.25 bits per heavy atom. The lowest BCUT2D eigenvalue weighted by Crippen LogP contribution is -2.36. The second-order valence-corrected chi connectivity index (χ2v) is 7.42. The molecule has 0 heterocycles. The van der Waals surface area contributed by atoms with Gasteiger partial charge in [-0.1, -0.05) is 35.2 Å². The molecule has 1 aliphatic rings. The van der Waals surface area contributed by atoms with Gasteiger partial charge in [0.05, 0.1) is 4.92 Å². The van der Waals surface area contributed by atoms with Gasteiger partial charge in [-0.2, -0.15) is 0 Å². The van der Waals surface area contributed by atoms with Crippen LogP contribution >= 0.6 is 15.9 Å². The number of nitrogens with one attached hydrogen (secondary N) is 1. The van der Waals surface area contributed by atoms with Gasteiger partial charge in [-0.25, -0.2) is 13.1 Å². The summed E-state index contributed by atoms with van der Waals surface area (Å²) in [6, 6.07) is 3.79. The highest BCUT2D eigenvalue weighted by atomic mass is 79.9. The average Bonchev–Trinajstić information content (AvgIpc) is 2.39. The van der Waals surface area contributed by atoms with Gasteiger partial charge < -0.3 is 0 Å². The molecule has 0 spiro atoms. The molecular formula is C12H15BrN2O4S. The van der Waals surface area contributed by atoms with E-state index in [-0.39, 0.29) is 10.9 Å². The molecule has 0 aliphatic heterocycles. The maximum Gasteiger partial charge on any atom is 0.289 e. The first kappa shape index (κ1) is 15.4. The lowest BCUT2D eigenvalue weighted by molar-refractivity contribution is -0.387. The summed E-state index contributed by atoms with van der Waals surface area (Å²) in [5.41, 5.74) is -0.406. The molecule has 0 saturated heterocycles. The molecule has 110 valence electrons. The Hall–Kier alpha value is -0.990. The monoisotopic (exact) mass is 362 g/mol. The van der Waals surface area contributed by atoms with Crippen molar-refractivity contribution >= 4 is 31.6 Å². The number of nitrogens with zero attached hydrogens (tertiary/aromatic N) is 1. The summed E-state index contributed by atoms with van der Waals surface area (Å²) < 4.78 is 27.8. The van der Waals surface area contributed by atoms with E-state index in [9.17, 15) is 18.5 Å². The molecule has 0 bridgehead atoms. The largest absolute Gasteiger partial charge is 0.289 e. The molecule has 1 aromatic rings. The van der Waals surface area contributed by atoms with Gasteiger partial charge in [0.15, 0.2) is 4.90 Å². The topological polar surface area (TPSA) is 89.3 Å². The summed E-state index contributed by atoms with van der Waals surface area (Å²) >= 11 is 3.15. The zero-order valence-electron chi connectivity index (χ0n) is 10.7. The number of benzene rings is 1. The van der Waals surface area contributed by atoms with Crippen LogP contribution in [0.25, 0.3) is 0 Å². The van der Waals surface area contributed by atoms with Crippen LogP contribution in [0, 0.1) is 10.1 Å². The van der Waals surface area contributed by atoms with E-state index in [1.165, 1.54) is 18.2 Å². The molecule has 0 aromatic heterocycles. The zero-order chi connectivity index (χ0) is 14.8. The lowest BCUT2D eigenvalue weighted by atomic mass is 9.96. The molecule has 2 rings (SSSR count). The minimum absolute atomic E-state index is 0.132. The highest BCUT2D eigenvalue weighted by Crippen LogP contribution is 2.28. The minimum atomic E-state index is -3.88. The molecule has 1 fully saturated rings. The summed E-state index contributed by atoms with van der Waals surface area (Å²) in [7, 11) is -3.88. The highest BCUT2D eigenvalue weighted by molar-refractivity contribution is 9.10. The van der Waals surface area contributed by atoms with E-state index in [0.717, 1.165) is 32.1 Å². The van der Waals surface area contributed by atoms with Crippen LogP contribution in [0.3, 0.4) is 0 Å². The van der Waals surface area contributed by atoms with Gasteiger partial charge in [0.2, 0.25) is 10.0 Å². The second-order valence-electron chi connectivity index (χ2n) is 4.83. The van der Waals surface area contributed by atoms with Gasteiger partial charge in [0.1, 0.15) is 0 Å². The van der Waals surface area contributed by atoms with Crippen LogP contribution < -0.4 is 4.72 Å². The summed E-state index contributed by atoms with van der Waals surface area (Å²) in [6.07, 6.45) is 4.62. The number of nitro benzene ring substituents is 1. The maximum absolute atomic E-state index is 12.3. The Balaban J connectivity index is 2.32. The van der Waals surface area contributed by atoms with Crippen molar-refractivity contribution < 1.29 is 13.3 Å². The normalized spacial score (nSPS) is 17.1. The van der Waals surface area contributed by atoms with Crippen LogP contribution in [0.5, 0.6) is 0 Å². The van der Waals surface area contributed by atoms with Gasteiger partial charge in [-0.15, -0.1) is 0 Å². The lowest BCUT2D eigenvalue weighted by Gasteiger charge is -2.22. The number of nitro groups is 1. The molecule has 1 aromatic carbocycles. The van der Waals surface area contributed by atoms with Gasteiger partial charge in [0.25, 0.3) is 5.69 Å². The van der Waals surface area contributed by atoms with Crippen LogP contribution in [0.4, 0.5) is 5.69 Å². The third kappa shape index (κ3) is 3.56. The van der Waals surface area contributed by atoms with Crippen molar-refractivity contribution in [3.05, 3.63) is 32.8 Å². The van der Waals surface area contributed by atoms with Crippen molar-refractivity contribution in [1.29, 1.82) is 0 Å². The first-order chi connectivity index (χ1) is 9.40. The smallest absolute Gasteiger partial charge is 0.258 e. The average molecular weight is 363 g/mol. The van der Waals surface area contributed by atoms with Crippen LogP contribution in [-0.2, 0) is 10.0 Å². The van der Waals surface area contributed by atoms with Crippen molar-refractivity contribution in [1.82, 2.24) is 4.72 Å². The fourth-order valence-electron chi connectivity index (χ4n) is 2.36. The van der Waals surface area contributed by atoms with E-state index in [0.29, 0.717) is 4.47 Å². The van der Waals surface area contributed by atoms with Gasteiger partial charge in [-0.05, 0) is 25.0 Å². The first-order valence-corrected chi connectivity index (χ1v) is 8.64. The molecule has 1 aliphatic carbocycles. The summed E-state index contributed by atoms with van der Waals surface area (Å²) in [4.78, 5) is 10.0. The number of hydrogen-bond donors (Lipinski definition) is 1. The maximum atomic E-state index is 12.3.